The van der Waals surface area contributed by atoms with Gasteiger partial charge in [-0.3, -0.25) is 9.89 Å². The normalized spacial score (nSPS) is 12.6. The lowest BCUT2D eigenvalue weighted by atomic mass is 9.96. The molecule has 0 unspecified atom stereocenters. The maximum atomic E-state index is 11.2. The van der Waals surface area contributed by atoms with Crippen molar-refractivity contribution in [2.45, 2.75) is 19.8 Å². The van der Waals surface area contributed by atoms with Crippen LogP contribution in [-0.4, -0.2) is 26.1 Å². The summed E-state index contributed by atoms with van der Waals surface area (Å²) in [5, 5.41) is 10.9. The topological polar surface area (TPSA) is 110 Å². The Balaban J connectivity index is 1.77. The molecule has 116 valence electrons. The Labute approximate surface area is 136 Å². The van der Waals surface area contributed by atoms with Gasteiger partial charge in [0.15, 0.2) is 5.13 Å². The van der Waals surface area contributed by atoms with E-state index in [1.807, 2.05) is 6.07 Å². The van der Waals surface area contributed by atoms with Crippen LogP contribution in [0, 0.1) is 0 Å². The molecule has 3 heterocycles. The minimum atomic E-state index is -0.116. The fraction of sp³-hybridized carbons (Fsp3) is 0.200. The number of hydrogen-bond donors (Lipinski definition) is 3. The van der Waals surface area contributed by atoms with Crippen molar-refractivity contribution < 1.29 is 4.79 Å². The molecule has 0 aromatic carbocycles. The number of nitrogens with one attached hydrogen (secondary N) is 2. The van der Waals surface area contributed by atoms with Crippen molar-refractivity contribution in [3.05, 3.63) is 29.6 Å². The Kier molecular flexibility index (Phi) is 3.12. The van der Waals surface area contributed by atoms with Gasteiger partial charge < -0.3 is 11.1 Å². The van der Waals surface area contributed by atoms with E-state index < -0.39 is 0 Å². The van der Waals surface area contributed by atoms with Gasteiger partial charge in [0.25, 0.3) is 0 Å². The largest absolute Gasteiger partial charge is 0.384 e. The molecule has 0 fully saturated rings. The molecular formula is C15H14N6OS. The minimum Gasteiger partial charge on any atom is -0.384 e. The Morgan fingerprint density at radius 1 is 1.39 bits per heavy atom. The number of aromatic amines is 1. The number of anilines is 2. The number of amides is 1. The number of aromatic nitrogens is 4. The maximum Gasteiger partial charge on any atom is 0.223 e. The summed E-state index contributed by atoms with van der Waals surface area (Å²) >= 11 is 1.47. The van der Waals surface area contributed by atoms with Gasteiger partial charge in [-0.2, -0.15) is 5.10 Å². The molecule has 3 aromatic heterocycles. The average molecular weight is 326 g/mol. The smallest absolute Gasteiger partial charge is 0.223 e. The highest BCUT2D eigenvalue weighted by Gasteiger charge is 2.26. The number of thiazole rings is 1. The van der Waals surface area contributed by atoms with Gasteiger partial charge in [0.05, 0.1) is 22.0 Å². The highest BCUT2D eigenvalue weighted by molar-refractivity contribution is 7.19. The summed E-state index contributed by atoms with van der Waals surface area (Å²) in [4.78, 5) is 20.9. The zero-order valence-electron chi connectivity index (χ0n) is 12.4. The van der Waals surface area contributed by atoms with E-state index in [4.69, 9.17) is 5.73 Å². The molecule has 0 bridgehead atoms. The van der Waals surface area contributed by atoms with Crippen molar-refractivity contribution in [2.75, 3.05) is 11.1 Å². The third-order valence-electron chi connectivity index (χ3n) is 3.75. The SMILES string of the molecule is CC(=O)Nc1nc2c(s1)-c1[nH]nc(-c3ccc(N)nc3)c1CC2. The van der Waals surface area contributed by atoms with Crippen LogP contribution in [0.25, 0.3) is 21.8 Å². The van der Waals surface area contributed by atoms with Crippen LogP contribution in [0.2, 0.25) is 0 Å². The maximum absolute atomic E-state index is 11.2. The van der Waals surface area contributed by atoms with Crippen molar-refractivity contribution in [3.63, 3.8) is 0 Å². The summed E-state index contributed by atoms with van der Waals surface area (Å²) in [5.74, 6) is 0.373. The lowest BCUT2D eigenvalue weighted by molar-refractivity contribution is -0.114. The van der Waals surface area contributed by atoms with Gasteiger partial charge in [-0.1, -0.05) is 11.3 Å². The third kappa shape index (κ3) is 2.36. The predicted octanol–water partition coefficient (Wildman–Crippen LogP) is 2.23. The highest BCUT2D eigenvalue weighted by atomic mass is 32.1. The number of rotatable bonds is 2. The van der Waals surface area contributed by atoms with Gasteiger partial charge in [0.1, 0.15) is 5.82 Å². The first-order chi connectivity index (χ1) is 11.1. The molecule has 3 aromatic rings. The second-order valence-electron chi connectivity index (χ2n) is 5.37. The molecule has 23 heavy (non-hydrogen) atoms. The van der Waals surface area contributed by atoms with Gasteiger partial charge >= 0.3 is 0 Å². The molecule has 0 atom stereocenters. The molecule has 4 N–H and O–H groups in total. The van der Waals surface area contributed by atoms with E-state index in [-0.39, 0.29) is 5.91 Å². The van der Waals surface area contributed by atoms with E-state index >= 15 is 0 Å². The van der Waals surface area contributed by atoms with Crippen LogP contribution in [0.4, 0.5) is 10.9 Å². The Morgan fingerprint density at radius 3 is 3.00 bits per heavy atom. The quantitative estimate of drug-likeness (QED) is 0.669. The number of nitrogen functional groups attached to an aromatic ring is 1. The molecule has 4 rings (SSSR count). The van der Waals surface area contributed by atoms with Gasteiger partial charge in [-0.25, -0.2) is 9.97 Å². The van der Waals surface area contributed by atoms with Crippen molar-refractivity contribution in [3.8, 4) is 21.8 Å². The van der Waals surface area contributed by atoms with Crippen LogP contribution < -0.4 is 11.1 Å². The molecule has 8 heteroatoms. The predicted molar refractivity (Wildman–Crippen MR) is 89.1 cm³/mol. The molecule has 1 amide bonds. The van der Waals surface area contributed by atoms with Gasteiger partial charge in [-0.15, -0.1) is 0 Å². The molecule has 7 nitrogen and oxygen atoms in total. The molecule has 0 radical (unpaired) electrons. The number of carbonyl (C=O) groups excluding carboxylic acids is 1. The van der Waals surface area contributed by atoms with E-state index in [1.54, 1.807) is 12.3 Å². The van der Waals surface area contributed by atoms with E-state index in [1.165, 1.54) is 18.3 Å². The van der Waals surface area contributed by atoms with E-state index in [0.29, 0.717) is 10.9 Å². The summed E-state index contributed by atoms with van der Waals surface area (Å²) < 4.78 is 0. The molecular weight excluding hydrogens is 312 g/mol. The third-order valence-corrected chi connectivity index (χ3v) is 4.78. The Bertz CT molecular complexity index is 895. The fourth-order valence-corrected chi connectivity index (χ4v) is 3.82. The number of H-pyrrole nitrogens is 1. The number of fused-ring (bicyclic) bond motifs is 3. The summed E-state index contributed by atoms with van der Waals surface area (Å²) in [7, 11) is 0. The molecule has 0 saturated heterocycles. The number of nitrogens with zero attached hydrogens (tertiary/aromatic N) is 3. The summed E-state index contributed by atoms with van der Waals surface area (Å²) in [6.45, 7) is 1.48. The first-order valence-electron chi connectivity index (χ1n) is 7.18. The fourth-order valence-electron chi connectivity index (χ4n) is 2.74. The highest BCUT2D eigenvalue weighted by Crippen LogP contribution is 2.41. The molecule has 0 spiro atoms. The number of pyridine rings is 1. The zero-order valence-corrected chi connectivity index (χ0v) is 13.2. The zero-order chi connectivity index (χ0) is 16.0. The molecule has 0 aliphatic heterocycles. The second kappa shape index (κ2) is 5.17. The summed E-state index contributed by atoms with van der Waals surface area (Å²) in [5.41, 5.74) is 10.6. The lowest BCUT2D eigenvalue weighted by Crippen LogP contribution is -2.05. The minimum absolute atomic E-state index is 0.116. The second-order valence-corrected chi connectivity index (χ2v) is 6.37. The Hall–Kier alpha value is -2.74. The van der Waals surface area contributed by atoms with Gasteiger partial charge in [0, 0.05) is 24.2 Å². The number of nitrogens with two attached hydrogens (primary N) is 1. The van der Waals surface area contributed by atoms with Crippen molar-refractivity contribution in [1.29, 1.82) is 0 Å². The monoisotopic (exact) mass is 326 g/mol. The van der Waals surface area contributed by atoms with E-state index in [0.717, 1.165) is 45.9 Å². The summed E-state index contributed by atoms with van der Waals surface area (Å²) in [6.07, 6.45) is 3.41. The Morgan fingerprint density at radius 2 is 2.26 bits per heavy atom. The first-order valence-corrected chi connectivity index (χ1v) is 8.00. The standard InChI is InChI=1S/C15H14N6OS/c1-7(22)18-15-19-10-4-3-9-12(8-2-5-11(16)17-6-8)20-21-13(9)14(10)23-15/h2,5-6H,3-4H2,1H3,(H2,16,17)(H,20,21)(H,18,19,22). The van der Waals surface area contributed by atoms with Gasteiger partial charge in [-0.05, 0) is 25.0 Å². The first kappa shape index (κ1) is 13.9. The lowest BCUT2D eigenvalue weighted by Gasteiger charge is -2.11. The van der Waals surface area contributed by atoms with Crippen molar-refractivity contribution >= 4 is 28.2 Å². The number of hydrogen-bond acceptors (Lipinski definition) is 6. The van der Waals surface area contributed by atoms with Gasteiger partial charge in [0.2, 0.25) is 5.91 Å². The molecule has 1 aliphatic rings. The molecule has 0 saturated carbocycles. The van der Waals surface area contributed by atoms with E-state index in [2.05, 4.69) is 25.5 Å². The van der Waals surface area contributed by atoms with Crippen molar-refractivity contribution in [1.82, 2.24) is 20.2 Å². The van der Waals surface area contributed by atoms with Crippen LogP contribution in [-0.2, 0) is 17.6 Å². The van der Waals surface area contributed by atoms with Crippen LogP contribution in [0.3, 0.4) is 0 Å². The number of aryl methyl sites for hydroxylation is 1. The van der Waals surface area contributed by atoms with E-state index in [9.17, 15) is 4.79 Å². The van der Waals surface area contributed by atoms with Crippen LogP contribution in [0.15, 0.2) is 18.3 Å². The van der Waals surface area contributed by atoms with Crippen LogP contribution >= 0.6 is 11.3 Å². The van der Waals surface area contributed by atoms with Crippen LogP contribution in [0.5, 0.6) is 0 Å². The van der Waals surface area contributed by atoms with Crippen LogP contribution in [0.1, 0.15) is 18.2 Å². The average Bonchev–Trinajstić information content (AvgIpc) is 3.10. The molecule has 1 aliphatic carbocycles. The number of carbonyl (C=O) groups is 1. The summed E-state index contributed by atoms with van der Waals surface area (Å²) in [6, 6.07) is 3.69. The van der Waals surface area contributed by atoms with Crippen molar-refractivity contribution in [2.24, 2.45) is 0 Å².